The summed E-state index contributed by atoms with van der Waals surface area (Å²) in [5, 5.41) is 9.68. The van der Waals surface area contributed by atoms with Crippen LogP contribution in [0.3, 0.4) is 0 Å². The second-order valence-corrected chi connectivity index (χ2v) is 6.42. The van der Waals surface area contributed by atoms with Crippen LogP contribution in [-0.2, 0) is 9.53 Å². The molecule has 0 aromatic heterocycles. The molecule has 0 heterocycles. The summed E-state index contributed by atoms with van der Waals surface area (Å²) < 4.78 is 4.60. The van der Waals surface area contributed by atoms with Gasteiger partial charge in [-0.25, -0.2) is 0 Å². The highest BCUT2D eigenvalue weighted by atomic mass is 16.5. The van der Waals surface area contributed by atoms with Crippen LogP contribution in [0.1, 0.15) is 90.4 Å². The van der Waals surface area contributed by atoms with Gasteiger partial charge in [-0.15, -0.1) is 0 Å². The number of carbonyl (C=O) groups excluding carboxylic acids is 1. The number of ether oxygens (including phenoxy) is 1. The van der Waals surface area contributed by atoms with E-state index in [-0.39, 0.29) is 12.1 Å². The fourth-order valence-corrected chi connectivity index (χ4v) is 2.52. The fourth-order valence-electron chi connectivity index (χ4n) is 2.52. The Kier molecular flexibility index (Phi) is 17.4. The number of allylic oxidation sites excluding steroid dienone is 3. The summed E-state index contributed by atoms with van der Waals surface area (Å²) >= 11 is 0. The minimum Gasteiger partial charge on any atom is -0.469 e. The highest BCUT2D eigenvalue weighted by molar-refractivity contribution is 5.68. The maximum absolute atomic E-state index is 10.9. The number of unbranched alkanes of at least 4 members (excludes halogenated alkanes) is 8. The predicted octanol–water partition coefficient (Wildman–Crippen LogP) is 5.72. The summed E-state index contributed by atoms with van der Waals surface area (Å²) in [5.41, 5.74) is 0. The molecule has 0 spiro atoms. The normalized spacial score (nSPS) is 13.0. The molecule has 24 heavy (non-hydrogen) atoms. The van der Waals surface area contributed by atoms with E-state index in [4.69, 9.17) is 0 Å². The number of aliphatic hydroxyl groups is 1. The van der Waals surface area contributed by atoms with Gasteiger partial charge in [0.25, 0.3) is 0 Å². The molecule has 0 aliphatic rings. The number of esters is 1. The zero-order valence-electron chi connectivity index (χ0n) is 15.8. The van der Waals surface area contributed by atoms with Gasteiger partial charge in [-0.05, 0) is 44.9 Å². The lowest BCUT2D eigenvalue weighted by molar-refractivity contribution is -0.140. The van der Waals surface area contributed by atoms with Crippen LogP contribution in [0.15, 0.2) is 24.3 Å². The van der Waals surface area contributed by atoms with Crippen LogP contribution in [0.2, 0.25) is 0 Å². The van der Waals surface area contributed by atoms with E-state index >= 15 is 0 Å². The molecule has 1 atom stereocenters. The zero-order valence-corrected chi connectivity index (χ0v) is 15.8. The van der Waals surface area contributed by atoms with Crippen LogP contribution in [0.5, 0.6) is 0 Å². The van der Waals surface area contributed by atoms with E-state index in [9.17, 15) is 9.90 Å². The van der Waals surface area contributed by atoms with E-state index in [0.29, 0.717) is 6.42 Å². The van der Waals surface area contributed by atoms with Gasteiger partial charge >= 0.3 is 5.97 Å². The van der Waals surface area contributed by atoms with Crippen LogP contribution in [0.4, 0.5) is 0 Å². The molecule has 0 rings (SSSR count). The van der Waals surface area contributed by atoms with Crippen LogP contribution >= 0.6 is 0 Å². The van der Waals surface area contributed by atoms with Crippen LogP contribution < -0.4 is 0 Å². The van der Waals surface area contributed by atoms with Crippen LogP contribution in [-0.4, -0.2) is 24.3 Å². The average molecular weight is 339 g/mol. The topological polar surface area (TPSA) is 46.5 Å². The Morgan fingerprint density at radius 2 is 1.50 bits per heavy atom. The maximum atomic E-state index is 10.9. The first-order chi connectivity index (χ1) is 11.7. The molecule has 0 amide bonds. The molecule has 1 N–H and O–H groups in total. The van der Waals surface area contributed by atoms with Gasteiger partial charge in [0, 0.05) is 6.42 Å². The second-order valence-electron chi connectivity index (χ2n) is 6.42. The average Bonchev–Trinajstić information content (AvgIpc) is 2.59. The molecule has 140 valence electrons. The SMILES string of the molecule is CCCCC(O)/C=C/CCCCCCC/C=C/CCCC(=O)OC. The van der Waals surface area contributed by atoms with Gasteiger partial charge in [0.2, 0.25) is 0 Å². The third-order valence-electron chi connectivity index (χ3n) is 4.10. The molecule has 0 aromatic carbocycles. The first-order valence-corrected chi connectivity index (χ1v) is 9.77. The van der Waals surface area contributed by atoms with Crippen molar-refractivity contribution in [2.24, 2.45) is 0 Å². The molecule has 0 radical (unpaired) electrons. The summed E-state index contributed by atoms with van der Waals surface area (Å²) in [7, 11) is 1.44. The molecular weight excluding hydrogens is 300 g/mol. The van der Waals surface area contributed by atoms with Crippen molar-refractivity contribution in [2.75, 3.05) is 7.11 Å². The third-order valence-corrected chi connectivity index (χ3v) is 4.10. The van der Waals surface area contributed by atoms with E-state index in [1.165, 1.54) is 39.2 Å². The molecule has 3 nitrogen and oxygen atoms in total. The minimum atomic E-state index is -0.246. The molecular formula is C21H38O3. The van der Waals surface area contributed by atoms with E-state index in [2.05, 4.69) is 29.9 Å². The number of methoxy groups -OCH3 is 1. The summed E-state index contributed by atoms with van der Waals surface area (Å²) in [6.45, 7) is 2.15. The Morgan fingerprint density at radius 1 is 0.917 bits per heavy atom. The number of hydrogen-bond donors (Lipinski definition) is 1. The van der Waals surface area contributed by atoms with Crippen molar-refractivity contribution in [3.63, 3.8) is 0 Å². The lowest BCUT2D eigenvalue weighted by Gasteiger charge is -2.03. The zero-order chi connectivity index (χ0) is 17.9. The van der Waals surface area contributed by atoms with Gasteiger partial charge in [0.05, 0.1) is 13.2 Å². The molecule has 3 heteroatoms. The largest absolute Gasteiger partial charge is 0.469 e. The molecule has 0 saturated heterocycles. The lowest BCUT2D eigenvalue weighted by atomic mass is 10.1. The molecule has 0 saturated carbocycles. The standard InChI is InChI=1S/C21H38O3/c1-3-4-17-20(22)18-15-13-11-9-7-5-6-8-10-12-14-16-19-21(23)24-2/h10,12,15,18,20,22H,3-9,11,13-14,16-17,19H2,1-2H3/b12-10+,18-15+. The van der Waals surface area contributed by atoms with E-state index < -0.39 is 0 Å². The Bertz CT molecular complexity index is 334. The van der Waals surface area contributed by atoms with E-state index in [0.717, 1.165) is 44.9 Å². The Hall–Kier alpha value is -1.09. The van der Waals surface area contributed by atoms with E-state index in [1.54, 1.807) is 0 Å². The van der Waals surface area contributed by atoms with Gasteiger partial charge in [0.1, 0.15) is 0 Å². The minimum absolute atomic E-state index is 0.117. The highest BCUT2D eigenvalue weighted by Crippen LogP contribution is 2.09. The second kappa shape index (κ2) is 18.3. The molecule has 0 aliphatic heterocycles. The van der Waals surface area contributed by atoms with Crippen molar-refractivity contribution < 1.29 is 14.6 Å². The molecule has 0 fully saturated rings. The van der Waals surface area contributed by atoms with Gasteiger partial charge in [0.15, 0.2) is 0 Å². The van der Waals surface area contributed by atoms with Gasteiger partial charge < -0.3 is 9.84 Å². The van der Waals surface area contributed by atoms with Crippen molar-refractivity contribution in [2.45, 2.75) is 96.5 Å². The number of rotatable bonds is 16. The van der Waals surface area contributed by atoms with Crippen molar-refractivity contribution in [1.29, 1.82) is 0 Å². The predicted molar refractivity (Wildman–Crippen MR) is 102 cm³/mol. The Labute approximate surface area is 149 Å². The summed E-state index contributed by atoms with van der Waals surface area (Å²) in [6.07, 6.45) is 22.3. The highest BCUT2D eigenvalue weighted by Gasteiger charge is 1.97. The molecule has 1 unspecified atom stereocenters. The summed E-state index contributed by atoms with van der Waals surface area (Å²) in [4.78, 5) is 10.9. The fraction of sp³-hybridized carbons (Fsp3) is 0.762. The first-order valence-electron chi connectivity index (χ1n) is 9.77. The van der Waals surface area contributed by atoms with Crippen molar-refractivity contribution in [3.8, 4) is 0 Å². The number of carbonyl (C=O) groups is 1. The van der Waals surface area contributed by atoms with Gasteiger partial charge in [-0.1, -0.05) is 63.3 Å². The van der Waals surface area contributed by atoms with Crippen LogP contribution in [0.25, 0.3) is 0 Å². The van der Waals surface area contributed by atoms with E-state index in [1.807, 2.05) is 6.08 Å². The smallest absolute Gasteiger partial charge is 0.305 e. The van der Waals surface area contributed by atoms with Crippen LogP contribution in [0, 0.1) is 0 Å². The first kappa shape index (κ1) is 22.9. The van der Waals surface area contributed by atoms with Gasteiger partial charge in [-0.2, -0.15) is 0 Å². The lowest BCUT2D eigenvalue weighted by Crippen LogP contribution is -2.00. The Balaban J connectivity index is 3.27. The quantitative estimate of drug-likeness (QED) is 0.222. The molecule has 0 aromatic rings. The number of aliphatic hydroxyl groups excluding tert-OH is 1. The number of hydrogen-bond acceptors (Lipinski definition) is 3. The third kappa shape index (κ3) is 17.3. The van der Waals surface area contributed by atoms with Crippen molar-refractivity contribution >= 4 is 5.97 Å². The summed E-state index contributed by atoms with van der Waals surface area (Å²) in [5.74, 6) is -0.117. The van der Waals surface area contributed by atoms with Crippen molar-refractivity contribution in [1.82, 2.24) is 0 Å². The monoisotopic (exact) mass is 338 g/mol. The van der Waals surface area contributed by atoms with Gasteiger partial charge in [-0.3, -0.25) is 4.79 Å². The molecule has 0 aliphatic carbocycles. The maximum Gasteiger partial charge on any atom is 0.305 e. The van der Waals surface area contributed by atoms with Crippen molar-refractivity contribution in [3.05, 3.63) is 24.3 Å². The molecule has 0 bridgehead atoms. The summed E-state index contributed by atoms with van der Waals surface area (Å²) in [6, 6.07) is 0. The Morgan fingerprint density at radius 3 is 2.12 bits per heavy atom.